The molecule has 0 bridgehead atoms. The highest BCUT2D eigenvalue weighted by molar-refractivity contribution is 7.78. The van der Waals surface area contributed by atoms with Crippen molar-refractivity contribution in [3.8, 4) is 0 Å². The van der Waals surface area contributed by atoms with Crippen molar-refractivity contribution in [2.45, 2.75) is 87.3 Å². The molecule has 3 nitrogen and oxygen atoms in total. The van der Waals surface area contributed by atoms with E-state index in [4.69, 9.17) is 0 Å². The molecule has 0 spiro atoms. The predicted octanol–water partition coefficient (Wildman–Crippen LogP) is 6.39. The number of aliphatic hydroxyl groups excluding tert-OH is 1. The lowest BCUT2D eigenvalue weighted by Gasteiger charge is -2.35. The number of benzene rings is 2. The molecule has 178 valence electrons. The first kappa shape index (κ1) is 23.6. The van der Waals surface area contributed by atoms with Crippen LogP contribution < -0.4 is 10.6 Å². The van der Waals surface area contributed by atoms with Crippen molar-refractivity contribution >= 4 is 24.9 Å². The van der Waals surface area contributed by atoms with Crippen molar-refractivity contribution in [1.29, 1.82) is 0 Å². The van der Waals surface area contributed by atoms with Gasteiger partial charge in [-0.1, -0.05) is 86.3 Å². The zero-order valence-electron chi connectivity index (χ0n) is 19.6. The van der Waals surface area contributed by atoms with Gasteiger partial charge in [0.1, 0.15) is 7.14 Å². The quantitative estimate of drug-likeness (QED) is 0.464. The Labute approximate surface area is 199 Å². The minimum Gasteiger partial charge on any atom is -0.393 e. The third kappa shape index (κ3) is 4.47. The molecular weight excluding hydrogens is 446 g/mol. The molecule has 5 heteroatoms. The van der Waals surface area contributed by atoms with Gasteiger partial charge in [-0.25, -0.2) is 0 Å². The molecule has 0 radical (unpaired) electrons. The molecule has 3 aliphatic carbocycles. The minimum absolute atomic E-state index is 0.0580. The molecule has 0 heterocycles. The van der Waals surface area contributed by atoms with E-state index in [2.05, 4.69) is 0 Å². The number of rotatable bonds is 7. The highest BCUT2D eigenvalue weighted by atomic mass is 31.2. The zero-order valence-corrected chi connectivity index (χ0v) is 21.4. The molecule has 2 aromatic carbocycles. The molecule has 0 amide bonds. The van der Waals surface area contributed by atoms with E-state index in [0.717, 1.165) is 42.7 Å². The Morgan fingerprint density at radius 3 is 1.58 bits per heavy atom. The Kier molecular flexibility index (Phi) is 7.04. The maximum atomic E-state index is 14.8. The fourth-order valence-corrected chi connectivity index (χ4v) is 15.5. The third-order valence-electron chi connectivity index (χ3n) is 8.83. The lowest BCUT2D eigenvalue weighted by molar-refractivity contribution is 0.142. The van der Waals surface area contributed by atoms with E-state index in [1.807, 2.05) is 60.7 Å². The molecule has 3 atom stereocenters. The molecule has 3 fully saturated rings. The second-order valence-electron chi connectivity index (χ2n) is 10.7. The van der Waals surface area contributed by atoms with E-state index >= 15 is 0 Å². The Bertz CT molecular complexity index is 946. The van der Waals surface area contributed by atoms with E-state index in [1.165, 1.54) is 25.7 Å². The molecule has 3 saturated carbocycles. The van der Waals surface area contributed by atoms with Gasteiger partial charge in [0.15, 0.2) is 0 Å². The first-order valence-electron chi connectivity index (χ1n) is 13.0. The number of hydrogen-bond acceptors (Lipinski definition) is 3. The molecule has 1 N–H and O–H groups in total. The Morgan fingerprint density at radius 1 is 0.667 bits per heavy atom. The average Bonchev–Trinajstić information content (AvgIpc) is 3.63. The highest BCUT2D eigenvalue weighted by Gasteiger charge is 2.52. The molecule has 2 aromatic rings. The Hall–Kier alpha value is -1.14. The highest BCUT2D eigenvalue weighted by Crippen LogP contribution is 2.70. The van der Waals surface area contributed by atoms with Crippen LogP contribution in [0.4, 0.5) is 0 Å². The van der Waals surface area contributed by atoms with Crippen LogP contribution in [0.5, 0.6) is 0 Å². The fourth-order valence-electron chi connectivity index (χ4n) is 7.14. The second-order valence-corrected chi connectivity index (χ2v) is 17.3. The molecule has 0 unspecified atom stereocenters. The van der Waals surface area contributed by atoms with E-state index in [9.17, 15) is 14.2 Å². The van der Waals surface area contributed by atoms with Gasteiger partial charge in [-0.2, -0.15) is 0 Å². The van der Waals surface area contributed by atoms with Crippen molar-refractivity contribution in [3.63, 3.8) is 0 Å². The van der Waals surface area contributed by atoms with E-state index in [0.29, 0.717) is 23.9 Å². The largest absolute Gasteiger partial charge is 0.393 e. The molecule has 0 aromatic heterocycles. The Morgan fingerprint density at radius 2 is 1.12 bits per heavy atom. The number of aliphatic hydroxyl groups is 1. The Balaban J connectivity index is 1.44. The van der Waals surface area contributed by atoms with Crippen LogP contribution >= 0.6 is 14.3 Å². The average molecular weight is 485 g/mol. The predicted molar refractivity (Wildman–Crippen MR) is 139 cm³/mol. The lowest BCUT2D eigenvalue weighted by Crippen LogP contribution is -2.26. The van der Waals surface area contributed by atoms with E-state index in [1.54, 1.807) is 0 Å². The van der Waals surface area contributed by atoms with Crippen molar-refractivity contribution in [1.82, 2.24) is 0 Å². The maximum Gasteiger partial charge on any atom is 0.143 e. The minimum atomic E-state index is -2.89. The zero-order chi connectivity index (χ0) is 22.9. The molecule has 0 aliphatic heterocycles. The maximum absolute atomic E-state index is 14.8. The summed E-state index contributed by atoms with van der Waals surface area (Å²) in [6.45, 7) is 0. The van der Waals surface area contributed by atoms with Crippen molar-refractivity contribution in [2.75, 3.05) is 6.16 Å². The van der Waals surface area contributed by atoms with Crippen molar-refractivity contribution in [2.24, 2.45) is 5.92 Å². The van der Waals surface area contributed by atoms with Gasteiger partial charge in [0.05, 0.1) is 13.2 Å². The normalized spacial score (nSPS) is 27.4. The van der Waals surface area contributed by atoms with Crippen LogP contribution in [-0.4, -0.2) is 34.3 Å². The summed E-state index contributed by atoms with van der Waals surface area (Å²) in [7, 11) is -5.29. The van der Waals surface area contributed by atoms with E-state index < -0.39 is 20.4 Å². The van der Waals surface area contributed by atoms with Crippen LogP contribution in [0.2, 0.25) is 0 Å². The summed E-state index contributed by atoms with van der Waals surface area (Å²) in [6, 6.07) is 19.6. The van der Waals surface area contributed by atoms with Crippen LogP contribution in [0.3, 0.4) is 0 Å². The van der Waals surface area contributed by atoms with Crippen LogP contribution in [0.15, 0.2) is 60.7 Å². The lowest BCUT2D eigenvalue weighted by atomic mass is 10.1. The topological polar surface area (TPSA) is 54.4 Å². The molecule has 3 aliphatic rings. The van der Waals surface area contributed by atoms with Gasteiger partial charge in [0, 0.05) is 33.7 Å². The second kappa shape index (κ2) is 9.85. The van der Waals surface area contributed by atoms with Crippen molar-refractivity contribution in [3.05, 3.63) is 60.7 Å². The van der Waals surface area contributed by atoms with Crippen LogP contribution in [-0.2, 0) is 9.13 Å². The summed E-state index contributed by atoms with van der Waals surface area (Å²) < 4.78 is 29.4. The first-order chi connectivity index (χ1) is 16.0. The van der Waals surface area contributed by atoms with Gasteiger partial charge in [0.2, 0.25) is 0 Å². The first-order valence-corrected chi connectivity index (χ1v) is 16.8. The monoisotopic (exact) mass is 484 g/mol. The standard InChI is InChI=1S/C28H38O3P2/c29-28-20-27(33(31,25-15-7-8-16-25)26-17-9-10-18-26)19-22(28)21-32(30,23-11-3-1-4-12-23)24-13-5-2-6-14-24/h1-6,11-14,22,25-29H,7-10,15-21H2/t22-,27-,28+/m0/s1. The van der Waals surface area contributed by atoms with E-state index in [-0.39, 0.29) is 11.6 Å². The van der Waals surface area contributed by atoms with Gasteiger partial charge < -0.3 is 14.2 Å². The molecule has 33 heavy (non-hydrogen) atoms. The summed E-state index contributed by atoms with van der Waals surface area (Å²) in [5, 5.41) is 12.9. The molecule has 5 rings (SSSR count). The summed E-state index contributed by atoms with van der Waals surface area (Å²) in [5.74, 6) is -0.0580. The van der Waals surface area contributed by atoms with Gasteiger partial charge in [-0.05, 0) is 44.4 Å². The van der Waals surface area contributed by atoms with Crippen LogP contribution in [0, 0.1) is 5.92 Å². The number of hydrogen-bond donors (Lipinski definition) is 1. The van der Waals surface area contributed by atoms with Crippen LogP contribution in [0.25, 0.3) is 0 Å². The summed E-state index contributed by atoms with van der Waals surface area (Å²) in [6.07, 6.45) is 10.6. The summed E-state index contributed by atoms with van der Waals surface area (Å²) >= 11 is 0. The fraction of sp³-hybridized carbons (Fsp3) is 0.571. The summed E-state index contributed by atoms with van der Waals surface area (Å²) in [4.78, 5) is 0. The van der Waals surface area contributed by atoms with Gasteiger partial charge in [-0.15, -0.1) is 0 Å². The smallest absolute Gasteiger partial charge is 0.143 e. The summed E-state index contributed by atoms with van der Waals surface area (Å²) in [5.41, 5.74) is 0.849. The van der Waals surface area contributed by atoms with Crippen LogP contribution in [0.1, 0.15) is 64.2 Å². The SMILES string of the molecule is O=P(C[C@@H]1C[C@H](P(=O)(C2CCCC2)C2CCCC2)C[C@H]1O)(c1ccccc1)c1ccccc1. The van der Waals surface area contributed by atoms with Crippen molar-refractivity contribution < 1.29 is 14.2 Å². The molecular formula is C28H38O3P2. The van der Waals surface area contributed by atoms with Gasteiger partial charge in [-0.3, -0.25) is 0 Å². The molecule has 0 saturated heterocycles. The third-order valence-corrected chi connectivity index (χ3v) is 17.0. The van der Waals surface area contributed by atoms with Gasteiger partial charge >= 0.3 is 0 Å². The van der Waals surface area contributed by atoms with Gasteiger partial charge in [0.25, 0.3) is 0 Å².